The summed E-state index contributed by atoms with van der Waals surface area (Å²) >= 11 is 0. The average Bonchev–Trinajstić information content (AvgIpc) is 2.73. The molecule has 17 heavy (non-hydrogen) atoms. The highest BCUT2D eigenvalue weighted by Crippen LogP contribution is 2.12. The van der Waals surface area contributed by atoms with Crippen molar-refractivity contribution in [2.45, 2.75) is 6.92 Å². The fourth-order valence-electron chi connectivity index (χ4n) is 1.36. The van der Waals surface area contributed by atoms with E-state index in [-0.39, 0.29) is 5.69 Å². The van der Waals surface area contributed by atoms with Crippen LogP contribution >= 0.6 is 0 Å². The van der Waals surface area contributed by atoms with E-state index < -0.39 is 5.97 Å². The van der Waals surface area contributed by atoms with E-state index in [2.05, 4.69) is 10.1 Å². The first-order chi connectivity index (χ1) is 8.22. The topological polar surface area (TPSA) is 83.0 Å². The summed E-state index contributed by atoms with van der Waals surface area (Å²) < 4.78 is 6.24. The van der Waals surface area contributed by atoms with Crippen molar-refractivity contribution in [1.82, 2.24) is 14.8 Å². The summed E-state index contributed by atoms with van der Waals surface area (Å²) in [6, 6.07) is 6.81. The van der Waals surface area contributed by atoms with E-state index in [1.54, 1.807) is 25.3 Å². The summed E-state index contributed by atoms with van der Waals surface area (Å²) in [6.07, 6.45) is 1.63. The molecule has 0 aliphatic carbocycles. The molecule has 2 N–H and O–H groups in total. The first kappa shape index (κ1) is 11.1. The molecule has 0 aliphatic rings. The van der Waals surface area contributed by atoms with Crippen LogP contribution in [0.4, 0.5) is 5.82 Å². The Hall–Kier alpha value is -2.37. The number of ether oxygens (including phenoxy) is 1. The first-order valence-electron chi connectivity index (χ1n) is 5.16. The summed E-state index contributed by atoms with van der Waals surface area (Å²) in [4.78, 5) is 15.6. The monoisotopic (exact) mass is 232 g/mol. The van der Waals surface area contributed by atoms with Gasteiger partial charge in [0.2, 0.25) is 0 Å². The number of carbonyl (C=O) groups is 1. The van der Waals surface area contributed by atoms with E-state index >= 15 is 0 Å². The van der Waals surface area contributed by atoms with Crippen LogP contribution in [0.1, 0.15) is 17.4 Å². The largest absolute Gasteiger partial charge is 0.461 e. The molecular formula is C11H12N4O2. The molecule has 2 aromatic heterocycles. The van der Waals surface area contributed by atoms with Crippen molar-refractivity contribution in [1.29, 1.82) is 0 Å². The number of hydrogen-bond donors (Lipinski definition) is 1. The number of rotatable bonds is 3. The summed E-state index contributed by atoms with van der Waals surface area (Å²) in [5.41, 5.74) is 5.94. The normalized spacial score (nSPS) is 10.2. The second kappa shape index (κ2) is 4.65. The molecule has 0 atom stereocenters. The van der Waals surface area contributed by atoms with Crippen LogP contribution in [0.25, 0.3) is 5.82 Å². The van der Waals surface area contributed by atoms with E-state index in [9.17, 15) is 4.79 Å². The van der Waals surface area contributed by atoms with E-state index in [1.807, 2.05) is 6.07 Å². The van der Waals surface area contributed by atoms with Crippen LogP contribution in [0.5, 0.6) is 0 Å². The highest BCUT2D eigenvalue weighted by atomic mass is 16.5. The fourth-order valence-corrected chi connectivity index (χ4v) is 1.36. The zero-order valence-electron chi connectivity index (χ0n) is 9.33. The predicted octanol–water partition coefficient (Wildman–Crippen LogP) is 1.03. The van der Waals surface area contributed by atoms with Crippen LogP contribution in [0.3, 0.4) is 0 Å². The summed E-state index contributed by atoms with van der Waals surface area (Å²) in [5, 5.41) is 4.05. The van der Waals surface area contributed by atoms with Crippen molar-refractivity contribution < 1.29 is 9.53 Å². The lowest BCUT2D eigenvalue weighted by Gasteiger charge is -2.01. The van der Waals surface area contributed by atoms with Gasteiger partial charge in [0.25, 0.3) is 0 Å². The smallest absolute Gasteiger partial charge is 0.358 e. The second-order valence-electron chi connectivity index (χ2n) is 3.27. The molecule has 0 amide bonds. The molecule has 6 heteroatoms. The number of carbonyl (C=O) groups excluding carboxylic acids is 1. The third kappa shape index (κ3) is 2.25. The Morgan fingerprint density at radius 3 is 3.00 bits per heavy atom. The van der Waals surface area contributed by atoms with Crippen molar-refractivity contribution in [3.63, 3.8) is 0 Å². The molecule has 88 valence electrons. The molecule has 0 unspecified atom stereocenters. The maximum absolute atomic E-state index is 11.5. The average molecular weight is 232 g/mol. The summed E-state index contributed by atoms with van der Waals surface area (Å²) in [7, 11) is 0. The zero-order valence-corrected chi connectivity index (χ0v) is 9.33. The van der Waals surface area contributed by atoms with Crippen molar-refractivity contribution in [2.75, 3.05) is 12.3 Å². The number of nitrogens with zero attached hydrogens (tertiary/aromatic N) is 3. The molecule has 0 radical (unpaired) electrons. The van der Waals surface area contributed by atoms with Gasteiger partial charge in [-0.1, -0.05) is 6.07 Å². The van der Waals surface area contributed by atoms with Gasteiger partial charge in [-0.3, -0.25) is 0 Å². The van der Waals surface area contributed by atoms with Crippen LogP contribution in [0.2, 0.25) is 0 Å². The highest BCUT2D eigenvalue weighted by molar-refractivity contribution is 5.88. The minimum Gasteiger partial charge on any atom is -0.461 e. The minimum absolute atomic E-state index is 0.176. The van der Waals surface area contributed by atoms with Gasteiger partial charge in [-0.05, 0) is 19.1 Å². The molecule has 0 spiro atoms. The van der Waals surface area contributed by atoms with Crippen LogP contribution in [-0.4, -0.2) is 27.3 Å². The standard InChI is InChI=1S/C11H12N4O2/c1-2-17-11(16)8-7-9(12)15(14-8)10-5-3-4-6-13-10/h3-7H,2,12H2,1H3. The van der Waals surface area contributed by atoms with Crippen LogP contribution in [0.15, 0.2) is 30.5 Å². The summed E-state index contributed by atoms with van der Waals surface area (Å²) in [5.74, 6) is 0.404. The zero-order chi connectivity index (χ0) is 12.3. The number of esters is 1. The third-order valence-electron chi connectivity index (χ3n) is 2.09. The molecule has 2 aromatic rings. The van der Waals surface area contributed by atoms with Gasteiger partial charge in [-0.2, -0.15) is 9.78 Å². The lowest BCUT2D eigenvalue weighted by Crippen LogP contribution is -2.07. The van der Waals surface area contributed by atoms with Crippen molar-refractivity contribution in [2.24, 2.45) is 0 Å². The molecule has 0 fully saturated rings. The molecule has 0 bridgehead atoms. The van der Waals surface area contributed by atoms with Crippen LogP contribution in [0, 0.1) is 0 Å². The number of hydrogen-bond acceptors (Lipinski definition) is 5. The second-order valence-corrected chi connectivity index (χ2v) is 3.27. The molecule has 0 saturated carbocycles. The quantitative estimate of drug-likeness (QED) is 0.799. The van der Waals surface area contributed by atoms with E-state index in [0.717, 1.165) is 0 Å². The van der Waals surface area contributed by atoms with Gasteiger partial charge in [0.05, 0.1) is 6.61 Å². The molecule has 0 aromatic carbocycles. The number of aromatic nitrogens is 3. The Balaban J connectivity index is 2.35. The molecule has 0 aliphatic heterocycles. The molecule has 0 saturated heterocycles. The van der Waals surface area contributed by atoms with Crippen LogP contribution in [-0.2, 0) is 4.74 Å². The van der Waals surface area contributed by atoms with E-state index in [4.69, 9.17) is 10.5 Å². The fraction of sp³-hybridized carbons (Fsp3) is 0.182. The Bertz CT molecular complexity index is 522. The third-order valence-corrected chi connectivity index (χ3v) is 2.09. The highest BCUT2D eigenvalue weighted by Gasteiger charge is 2.14. The number of anilines is 1. The SMILES string of the molecule is CCOC(=O)c1cc(N)n(-c2ccccn2)n1. The van der Waals surface area contributed by atoms with Crippen molar-refractivity contribution >= 4 is 11.8 Å². The lowest BCUT2D eigenvalue weighted by molar-refractivity contribution is 0.0519. The van der Waals surface area contributed by atoms with Crippen molar-refractivity contribution in [3.8, 4) is 5.82 Å². The minimum atomic E-state index is -0.492. The Labute approximate surface area is 98.0 Å². The van der Waals surface area contributed by atoms with Gasteiger partial charge < -0.3 is 10.5 Å². The van der Waals surface area contributed by atoms with Crippen LogP contribution < -0.4 is 5.73 Å². The number of nitrogen functional groups attached to an aromatic ring is 1. The van der Waals surface area contributed by atoms with E-state index in [1.165, 1.54) is 10.7 Å². The van der Waals surface area contributed by atoms with Gasteiger partial charge in [-0.15, -0.1) is 0 Å². The van der Waals surface area contributed by atoms with Gasteiger partial charge >= 0.3 is 5.97 Å². The van der Waals surface area contributed by atoms with Gasteiger partial charge in [-0.25, -0.2) is 9.78 Å². The lowest BCUT2D eigenvalue weighted by atomic mass is 10.4. The Kier molecular flexibility index (Phi) is 3.04. The Morgan fingerprint density at radius 2 is 2.35 bits per heavy atom. The summed E-state index contributed by atoms with van der Waals surface area (Å²) in [6.45, 7) is 2.03. The van der Waals surface area contributed by atoms with Gasteiger partial charge in [0, 0.05) is 12.3 Å². The predicted molar refractivity (Wildman–Crippen MR) is 61.7 cm³/mol. The first-order valence-corrected chi connectivity index (χ1v) is 5.16. The van der Waals surface area contributed by atoms with Crippen molar-refractivity contribution in [3.05, 3.63) is 36.2 Å². The Morgan fingerprint density at radius 1 is 1.53 bits per heavy atom. The number of pyridine rings is 1. The molecule has 6 nitrogen and oxygen atoms in total. The van der Waals surface area contributed by atoms with Gasteiger partial charge in [0.15, 0.2) is 11.5 Å². The van der Waals surface area contributed by atoms with Gasteiger partial charge in [0.1, 0.15) is 5.82 Å². The molecule has 2 rings (SSSR count). The molecule has 2 heterocycles. The maximum atomic E-state index is 11.5. The van der Waals surface area contributed by atoms with E-state index in [0.29, 0.717) is 18.2 Å². The maximum Gasteiger partial charge on any atom is 0.358 e. The number of nitrogens with two attached hydrogens (primary N) is 1. The molecular weight excluding hydrogens is 220 g/mol.